The van der Waals surface area contributed by atoms with Crippen molar-refractivity contribution in [3.05, 3.63) is 68.5 Å². The summed E-state index contributed by atoms with van der Waals surface area (Å²) in [6.07, 6.45) is 2.09. The molecule has 2 aromatic heterocycles. The predicted molar refractivity (Wildman–Crippen MR) is 99.4 cm³/mol. The molecule has 0 spiro atoms. The molecular weight excluding hydrogens is 348 g/mol. The van der Waals surface area contributed by atoms with E-state index in [0.29, 0.717) is 34.6 Å². The minimum absolute atomic E-state index is 0.285. The zero-order chi connectivity index (χ0) is 19.6. The molecule has 0 aliphatic heterocycles. The number of hydrogen-bond donors (Lipinski definition) is 3. The number of aromatic nitrogens is 5. The molecule has 0 aliphatic carbocycles. The number of amides is 1. The number of aryl methyl sites for hydroxylation is 2. The Balaban J connectivity index is 1.92. The van der Waals surface area contributed by atoms with Crippen LogP contribution in [-0.2, 0) is 7.05 Å². The highest BCUT2D eigenvalue weighted by Crippen LogP contribution is 2.20. The lowest BCUT2D eigenvalue weighted by atomic mass is 10.0. The molecule has 27 heavy (non-hydrogen) atoms. The molecule has 0 fully saturated rings. The highest BCUT2D eigenvalue weighted by Gasteiger charge is 2.19. The van der Waals surface area contributed by atoms with Gasteiger partial charge in [0, 0.05) is 18.3 Å². The van der Waals surface area contributed by atoms with Crippen molar-refractivity contribution in [3.63, 3.8) is 0 Å². The quantitative estimate of drug-likeness (QED) is 0.621. The van der Waals surface area contributed by atoms with Crippen LogP contribution in [0, 0.1) is 6.92 Å². The summed E-state index contributed by atoms with van der Waals surface area (Å²) in [6.45, 7) is 3.58. The van der Waals surface area contributed by atoms with Crippen LogP contribution in [0.2, 0.25) is 0 Å². The molecule has 2 heterocycles. The zero-order valence-electron chi connectivity index (χ0n) is 15.2. The predicted octanol–water partition coefficient (Wildman–Crippen LogP) is 1.05. The number of aromatic amines is 2. The van der Waals surface area contributed by atoms with E-state index < -0.39 is 11.2 Å². The Kier molecular flexibility index (Phi) is 5.02. The molecule has 3 rings (SSSR count). The van der Waals surface area contributed by atoms with E-state index in [-0.39, 0.29) is 11.9 Å². The average molecular weight is 368 g/mol. The fourth-order valence-corrected chi connectivity index (χ4v) is 2.97. The first kappa shape index (κ1) is 18.3. The van der Waals surface area contributed by atoms with Crippen LogP contribution in [0.1, 0.15) is 41.3 Å². The van der Waals surface area contributed by atoms with Gasteiger partial charge in [-0.25, -0.2) is 9.78 Å². The van der Waals surface area contributed by atoms with Crippen LogP contribution < -0.4 is 16.6 Å². The number of nitrogens with zero attached hydrogens (tertiary/aromatic N) is 3. The third kappa shape index (κ3) is 3.71. The summed E-state index contributed by atoms with van der Waals surface area (Å²) in [6, 6.07) is 6.41. The van der Waals surface area contributed by atoms with Gasteiger partial charge >= 0.3 is 5.69 Å². The minimum atomic E-state index is -0.565. The Labute approximate surface area is 154 Å². The molecule has 0 bridgehead atoms. The van der Waals surface area contributed by atoms with Gasteiger partial charge in [-0.1, -0.05) is 19.1 Å². The van der Waals surface area contributed by atoms with Crippen molar-refractivity contribution in [1.29, 1.82) is 0 Å². The molecule has 9 heteroatoms. The van der Waals surface area contributed by atoms with Gasteiger partial charge in [0.2, 0.25) is 0 Å². The highest BCUT2D eigenvalue weighted by molar-refractivity contribution is 5.95. The smallest absolute Gasteiger partial charge is 0.325 e. The highest BCUT2D eigenvalue weighted by atomic mass is 16.2. The molecule has 0 radical (unpaired) electrons. The lowest BCUT2D eigenvalue weighted by Gasteiger charge is -2.16. The molecule has 0 aliphatic rings. The van der Waals surface area contributed by atoms with Gasteiger partial charge in [-0.05, 0) is 31.0 Å². The van der Waals surface area contributed by atoms with Crippen LogP contribution in [-0.4, -0.2) is 30.6 Å². The van der Waals surface area contributed by atoms with Crippen LogP contribution in [0.15, 0.2) is 40.2 Å². The summed E-state index contributed by atoms with van der Waals surface area (Å²) in [7, 11) is 1.77. The van der Waals surface area contributed by atoms with E-state index in [2.05, 4.69) is 25.4 Å². The number of carbonyl (C=O) groups excluding carboxylic acids is 1. The normalized spacial score (nSPS) is 12.0. The van der Waals surface area contributed by atoms with Gasteiger partial charge in [0.25, 0.3) is 11.5 Å². The Morgan fingerprint density at radius 2 is 2.07 bits per heavy atom. The minimum Gasteiger partial charge on any atom is -0.342 e. The van der Waals surface area contributed by atoms with E-state index in [9.17, 15) is 14.4 Å². The molecule has 1 atom stereocenters. The monoisotopic (exact) mass is 368 g/mol. The van der Waals surface area contributed by atoms with Crippen molar-refractivity contribution < 1.29 is 4.79 Å². The van der Waals surface area contributed by atoms with Gasteiger partial charge in [0.05, 0.1) is 11.6 Å². The van der Waals surface area contributed by atoms with Crippen molar-refractivity contribution in [1.82, 2.24) is 30.0 Å². The van der Waals surface area contributed by atoms with Crippen molar-refractivity contribution in [3.8, 4) is 11.1 Å². The number of nitrogens with one attached hydrogen (secondary N) is 3. The maximum Gasteiger partial charge on any atom is 0.325 e. The third-order valence-electron chi connectivity index (χ3n) is 4.32. The Morgan fingerprint density at radius 1 is 1.30 bits per heavy atom. The molecular formula is C18H20N6O3. The van der Waals surface area contributed by atoms with Crippen molar-refractivity contribution in [2.45, 2.75) is 26.3 Å². The van der Waals surface area contributed by atoms with Crippen LogP contribution in [0.25, 0.3) is 11.1 Å². The standard InChI is InChI=1S/C18H20N6O3/c1-4-13(15-19-9-20-24(15)3)22-16(25)12-7-5-6-11(8-12)14-10(2)21-18(27)23-17(14)26/h5-9,13H,4H2,1-3H3,(H,22,25)(H2,21,23,26,27). The Morgan fingerprint density at radius 3 is 2.70 bits per heavy atom. The first-order valence-corrected chi connectivity index (χ1v) is 8.49. The summed E-state index contributed by atoms with van der Waals surface area (Å²) in [5.41, 5.74) is 0.642. The summed E-state index contributed by atoms with van der Waals surface area (Å²) >= 11 is 0. The van der Waals surface area contributed by atoms with E-state index in [0.717, 1.165) is 0 Å². The van der Waals surface area contributed by atoms with E-state index >= 15 is 0 Å². The number of rotatable bonds is 5. The molecule has 140 valence electrons. The van der Waals surface area contributed by atoms with E-state index in [1.807, 2.05) is 6.92 Å². The van der Waals surface area contributed by atoms with Crippen LogP contribution in [0.3, 0.4) is 0 Å². The maximum atomic E-state index is 12.7. The fourth-order valence-electron chi connectivity index (χ4n) is 2.97. The molecule has 0 saturated heterocycles. The largest absolute Gasteiger partial charge is 0.342 e. The van der Waals surface area contributed by atoms with Crippen molar-refractivity contribution in [2.75, 3.05) is 0 Å². The summed E-state index contributed by atoms with van der Waals surface area (Å²) in [5.74, 6) is 0.375. The van der Waals surface area contributed by atoms with Crippen molar-refractivity contribution in [2.24, 2.45) is 7.05 Å². The lowest BCUT2D eigenvalue weighted by molar-refractivity contribution is 0.0933. The molecule has 0 saturated carbocycles. The number of hydrogen-bond acceptors (Lipinski definition) is 5. The van der Waals surface area contributed by atoms with Gasteiger partial charge in [0.15, 0.2) is 0 Å². The first-order valence-electron chi connectivity index (χ1n) is 8.49. The maximum absolute atomic E-state index is 12.7. The molecule has 1 amide bonds. The second kappa shape index (κ2) is 7.40. The van der Waals surface area contributed by atoms with Crippen molar-refractivity contribution >= 4 is 5.91 Å². The zero-order valence-corrected chi connectivity index (χ0v) is 15.2. The van der Waals surface area contributed by atoms with E-state index in [1.54, 1.807) is 42.9 Å². The number of H-pyrrole nitrogens is 2. The van der Waals surface area contributed by atoms with E-state index in [4.69, 9.17) is 0 Å². The van der Waals surface area contributed by atoms with E-state index in [1.165, 1.54) is 6.33 Å². The van der Waals surface area contributed by atoms with Gasteiger partial charge in [-0.3, -0.25) is 19.3 Å². The number of benzene rings is 1. The lowest BCUT2D eigenvalue weighted by Crippen LogP contribution is -2.30. The average Bonchev–Trinajstić information content (AvgIpc) is 3.04. The Bertz CT molecular complexity index is 1090. The SMILES string of the molecule is CCC(NC(=O)c1cccc(-c2c(C)[nH]c(=O)[nH]c2=O)c1)c1ncnn1C. The van der Waals surface area contributed by atoms with Gasteiger partial charge in [-0.15, -0.1) is 0 Å². The first-order chi connectivity index (χ1) is 12.9. The molecule has 1 unspecified atom stereocenters. The molecule has 9 nitrogen and oxygen atoms in total. The summed E-state index contributed by atoms with van der Waals surface area (Å²) < 4.78 is 1.62. The molecule has 3 N–H and O–H groups in total. The van der Waals surface area contributed by atoms with Crippen LogP contribution >= 0.6 is 0 Å². The second-order valence-electron chi connectivity index (χ2n) is 6.17. The van der Waals surface area contributed by atoms with Crippen LogP contribution in [0.5, 0.6) is 0 Å². The second-order valence-corrected chi connectivity index (χ2v) is 6.17. The van der Waals surface area contributed by atoms with Gasteiger partial charge < -0.3 is 10.3 Å². The van der Waals surface area contributed by atoms with Gasteiger partial charge in [-0.2, -0.15) is 5.10 Å². The molecule has 3 aromatic rings. The fraction of sp³-hybridized carbons (Fsp3) is 0.278. The molecule has 1 aromatic carbocycles. The topological polar surface area (TPSA) is 126 Å². The number of carbonyl (C=O) groups is 1. The van der Waals surface area contributed by atoms with Gasteiger partial charge in [0.1, 0.15) is 12.2 Å². The van der Waals surface area contributed by atoms with Crippen LogP contribution in [0.4, 0.5) is 0 Å². The third-order valence-corrected chi connectivity index (χ3v) is 4.32. The summed E-state index contributed by atoms with van der Waals surface area (Å²) in [4.78, 5) is 45.2. The summed E-state index contributed by atoms with van der Waals surface area (Å²) in [5, 5.41) is 6.97. The Hall–Kier alpha value is -3.49.